The topological polar surface area (TPSA) is 129 Å². The number of benzene rings is 2. The highest BCUT2D eigenvalue weighted by Crippen LogP contribution is 2.31. The molecular formula is C20H19N5O4. The van der Waals surface area contributed by atoms with Gasteiger partial charge in [0.25, 0.3) is 11.6 Å². The fourth-order valence-corrected chi connectivity index (χ4v) is 3.09. The normalized spacial score (nSPS) is 13.1. The molecule has 2 aromatic carbocycles. The van der Waals surface area contributed by atoms with Crippen molar-refractivity contribution in [1.82, 2.24) is 15.8 Å². The molecule has 2 amide bonds. The quantitative estimate of drug-likeness (QED) is 0.378. The number of rotatable bonds is 6. The Morgan fingerprint density at radius 1 is 1.14 bits per heavy atom. The SMILES string of the molecule is O=C(Cc1c[nH]c2ccccc12)NNC(=O)c1ccc(NC2CC2)c([N+](=O)[O-])c1. The first-order valence-corrected chi connectivity index (χ1v) is 9.20. The molecule has 4 N–H and O–H groups in total. The van der Waals surface area contributed by atoms with Crippen LogP contribution >= 0.6 is 0 Å². The number of anilines is 1. The van der Waals surface area contributed by atoms with Gasteiger partial charge in [-0.15, -0.1) is 0 Å². The third kappa shape index (κ3) is 4.18. The van der Waals surface area contributed by atoms with Crippen LogP contribution in [-0.4, -0.2) is 27.8 Å². The van der Waals surface area contributed by atoms with E-state index >= 15 is 0 Å². The van der Waals surface area contributed by atoms with Crippen molar-refractivity contribution in [2.24, 2.45) is 0 Å². The highest BCUT2D eigenvalue weighted by atomic mass is 16.6. The number of hydrazine groups is 1. The van der Waals surface area contributed by atoms with E-state index in [0.717, 1.165) is 29.3 Å². The van der Waals surface area contributed by atoms with Crippen LogP contribution in [0.15, 0.2) is 48.7 Å². The van der Waals surface area contributed by atoms with Gasteiger partial charge in [-0.05, 0) is 36.6 Å². The van der Waals surface area contributed by atoms with Gasteiger partial charge in [0.1, 0.15) is 5.69 Å². The van der Waals surface area contributed by atoms with E-state index in [-0.39, 0.29) is 23.7 Å². The number of carbonyl (C=O) groups excluding carboxylic acids is 2. The molecule has 9 nitrogen and oxygen atoms in total. The number of amides is 2. The summed E-state index contributed by atoms with van der Waals surface area (Å²) in [5, 5.41) is 15.3. The van der Waals surface area contributed by atoms with Gasteiger partial charge in [0.05, 0.1) is 11.3 Å². The Kier molecular flexibility index (Phi) is 4.86. The van der Waals surface area contributed by atoms with Gasteiger partial charge < -0.3 is 10.3 Å². The maximum Gasteiger partial charge on any atom is 0.293 e. The van der Waals surface area contributed by atoms with Crippen LogP contribution in [0.2, 0.25) is 0 Å². The van der Waals surface area contributed by atoms with Crippen LogP contribution in [0.3, 0.4) is 0 Å². The number of hydrogen-bond acceptors (Lipinski definition) is 5. The molecule has 0 unspecified atom stereocenters. The number of nitro groups is 1. The summed E-state index contributed by atoms with van der Waals surface area (Å²) in [6, 6.07) is 12.0. The van der Waals surface area contributed by atoms with Crippen LogP contribution in [-0.2, 0) is 11.2 Å². The van der Waals surface area contributed by atoms with Crippen LogP contribution in [0.25, 0.3) is 10.9 Å². The predicted octanol–water partition coefficient (Wildman–Crippen LogP) is 2.65. The first-order valence-electron chi connectivity index (χ1n) is 9.20. The van der Waals surface area contributed by atoms with Gasteiger partial charge in [-0.3, -0.25) is 30.6 Å². The molecule has 1 heterocycles. The lowest BCUT2D eigenvalue weighted by atomic mass is 10.1. The van der Waals surface area contributed by atoms with Gasteiger partial charge in [0.2, 0.25) is 5.91 Å². The van der Waals surface area contributed by atoms with Crippen LogP contribution in [0, 0.1) is 10.1 Å². The Bertz CT molecular complexity index is 1100. The summed E-state index contributed by atoms with van der Waals surface area (Å²) >= 11 is 0. The zero-order chi connectivity index (χ0) is 20.4. The van der Waals surface area contributed by atoms with Crippen LogP contribution in [0.4, 0.5) is 11.4 Å². The second-order valence-electron chi connectivity index (χ2n) is 6.95. The molecule has 4 rings (SSSR count). The van der Waals surface area contributed by atoms with Crippen molar-refractivity contribution in [2.45, 2.75) is 25.3 Å². The van der Waals surface area contributed by atoms with Gasteiger partial charge in [-0.25, -0.2) is 0 Å². The predicted molar refractivity (Wildman–Crippen MR) is 107 cm³/mol. The average molecular weight is 393 g/mol. The van der Waals surface area contributed by atoms with E-state index in [9.17, 15) is 19.7 Å². The number of aromatic amines is 1. The van der Waals surface area contributed by atoms with Gasteiger partial charge in [-0.1, -0.05) is 18.2 Å². The Morgan fingerprint density at radius 3 is 2.69 bits per heavy atom. The minimum absolute atomic E-state index is 0.0781. The maximum atomic E-state index is 12.3. The van der Waals surface area contributed by atoms with E-state index in [1.54, 1.807) is 6.20 Å². The van der Waals surface area contributed by atoms with Crippen molar-refractivity contribution in [2.75, 3.05) is 5.32 Å². The smallest absolute Gasteiger partial charge is 0.293 e. The molecule has 0 atom stereocenters. The van der Waals surface area contributed by atoms with Crippen LogP contribution < -0.4 is 16.2 Å². The first-order chi connectivity index (χ1) is 14.0. The molecule has 148 valence electrons. The monoisotopic (exact) mass is 393 g/mol. The number of nitro benzene ring substituents is 1. The Hall–Kier alpha value is -3.88. The molecule has 9 heteroatoms. The third-order valence-corrected chi connectivity index (χ3v) is 4.73. The molecule has 1 aliphatic carbocycles. The Labute approximate surface area is 165 Å². The molecule has 3 aromatic rings. The number of para-hydroxylation sites is 1. The van der Waals surface area contributed by atoms with Gasteiger partial charge in [-0.2, -0.15) is 0 Å². The lowest BCUT2D eigenvalue weighted by Crippen LogP contribution is -2.42. The number of H-pyrrole nitrogens is 1. The lowest BCUT2D eigenvalue weighted by molar-refractivity contribution is -0.384. The number of nitrogens with one attached hydrogen (secondary N) is 4. The average Bonchev–Trinajstić information content (AvgIpc) is 3.45. The molecule has 1 aromatic heterocycles. The molecule has 0 bridgehead atoms. The molecule has 1 aliphatic rings. The highest BCUT2D eigenvalue weighted by molar-refractivity contribution is 5.97. The number of nitrogens with zero attached hydrogens (tertiary/aromatic N) is 1. The molecule has 0 spiro atoms. The summed E-state index contributed by atoms with van der Waals surface area (Å²) < 4.78 is 0. The fourth-order valence-electron chi connectivity index (χ4n) is 3.09. The summed E-state index contributed by atoms with van der Waals surface area (Å²) in [5.74, 6) is -1.03. The van der Waals surface area contributed by atoms with E-state index in [0.29, 0.717) is 5.69 Å². The lowest BCUT2D eigenvalue weighted by Gasteiger charge is -2.09. The third-order valence-electron chi connectivity index (χ3n) is 4.73. The van der Waals surface area contributed by atoms with Crippen molar-refractivity contribution in [3.63, 3.8) is 0 Å². The second-order valence-corrected chi connectivity index (χ2v) is 6.95. The number of fused-ring (bicyclic) bond motifs is 1. The Morgan fingerprint density at radius 2 is 1.93 bits per heavy atom. The van der Waals surface area contributed by atoms with Crippen molar-refractivity contribution >= 4 is 34.1 Å². The molecule has 1 saturated carbocycles. The largest absolute Gasteiger partial charge is 0.377 e. The Balaban J connectivity index is 1.39. The fraction of sp³-hybridized carbons (Fsp3) is 0.200. The first kappa shape index (κ1) is 18.5. The number of aromatic nitrogens is 1. The van der Waals surface area contributed by atoms with Crippen molar-refractivity contribution < 1.29 is 14.5 Å². The van der Waals surface area contributed by atoms with Crippen LogP contribution in [0.1, 0.15) is 28.8 Å². The second kappa shape index (κ2) is 7.63. The minimum atomic E-state index is -0.627. The summed E-state index contributed by atoms with van der Waals surface area (Å²) in [4.78, 5) is 38.4. The minimum Gasteiger partial charge on any atom is -0.377 e. The summed E-state index contributed by atoms with van der Waals surface area (Å²) in [6.07, 6.45) is 3.78. The summed E-state index contributed by atoms with van der Waals surface area (Å²) in [5.41, 5.74) is 6.69. The highest BCUT2D eigenvalue weighted by Gasteiger charge is 2.25. The van der Waals surface area contributed by atoms with Gasteiger partial charge in [0.15, 0.2) is 0 Å². The standard InChI is InChI=1S/C20H19N5O4/c26-19(10-13-11-21-16-4-2-1-3-15(13)16)23-24-20(27)12-5-8-17(22-14-6-7-14)18(9-12)25(28)29/h1-5,8-9,11,14,21-22H,6-7,10H2,(H,23,26)(H,24,27). The molecule has 0 aliphatic heterocycles. The molecular weight excluding hydrogens is 374 g/mol. The number of hydrogen-bond donors (Lipinski definition) is 4. The number of carbonyl (C=O) groups is 2. The van der Waals surface area contributed by atoms with E-state index in [1.807, 2.05) is 24.3 Å². The van der Waals surface area contributed by atoms with E-state index in [1.165, 1.54) is 18.2 Å². The molecule has 0 saturated heterocycles. The van der Waals surface area contributed by atoms with Crippen molar-refractivity contribution in [3.05, 3.63) is 69.9 Å². The van der Waals surface area contributed by atoms with Crippen LogP contribution in [0.5, 0.6) is 0 Å². The van der Waals surface area contributed by atoms with Crippen molar-refractivity contribution in [3.8, 4) is 0 Å². The van der Waals surface area contributed by atoms with E-state index in [2.05, 4.69) is 21.2 Å². The maximum absolute atomic E-state index is 12.3. The van der Waals surface area contributed by atoms with E-state index in [4.69, 9.17) is 0 Å². The summed E-state index contributed by atoms with van der Waals surface area (Å²) in [6.45, 7) is 0. The van der Waals surface area contributed by atoms with Gasteiger partial charge in [0, 0.05) is 34.8 Å². The molecule has 1 fully saturated rings. The zero-order valence-corrected chi connectivity index (χ0v) is 15.4. The molecule has 0 radical (unpaired) electrons. The van der Waals surface area contributed by atoms with Crippen molar-refractivity contribution in [1.29, 1.82) is 0 Å². The summed E-state index contributed by atoms with van der Waals surface area (Å²) in [7, 11) is 0. The zero-order valence-electron chi connectivity index (χ0n) is 15.4. The van der Waals surface area contributed by atoms with Gasteiger partial charge >= 0.3 is 0 Å². The molecule has 29 heavy (non-hydrogen) atoms. The van der Waals surface area contributed by atoms with E-state index < -0.39 is 16.7 Å².